The van der Waals surface area contributed by atoms with Gasteiger partial charge in [-0.1, -0.05) is 23.8 Å². The van der Waals surface area contributed by atoms with Crippen LogP contribution in [0.2, 0.25) is 0 Å². The highest BCUT2D eigenvalue weighted by atomic mass is 19.1. The Morgan fingerprint density at radius 1 is 1.41 bits per heavy atom. The molecule has 1 aromatic carbocycles. The third kappa shape index (κ3) is 2.50. The summed E-state index contributed by atoms with van der Waals surface area (Å²) in [4.78, 5) is 2.01. The van der Waals surface area contributed by atoms with Gasteiger partial charge in [-0.25, -0.2) is 4.39 Å². The van der Waals surface area contributed by atoms with E-state index >= 15 is 0 Å². The first-order chi connectivity index (χ1) is 8.09. The molecule has 0 radical (unpaired) electrons. The number of rotatable bonds is 2. The van der Waals surface area contributed by atoms with Gasteiger partial charge in [0, 0.05) is 18.7 Å². The summed E-state index contributed by atoms with van der Waals surface area (Å²) in [5.41, 5.74) is 2.46. The Labute approximate surface area is 101 Å². The third-order valence-corrected chi connectivity index (χ3v) is 3.12. The first kappa shape index (κ1) is 12.1. The lowest BCUT2D eigenvalue weighted by atomic mass is 10.0. The second kappa shape index (κ2) is 4.88. The summed E-state index contributed by atoms with van der Waals surface area (Å²) in [5.74, 6) is -0.252. The predicted molar refractivity (Wildman–Crippen MR) is 67.6 cm³/mol. The van der Waals surface area contributed by atoms with Crippen molar-refractivity contribution in [3.05, 3.63) is 41.2 Å². The highest BCUT2D eigenvalue weighted by molar-refractivity contribution is 5.57. The number of aliphatic hydroxyl groups is 1. The van der Waals surface area contributed by atoms with Crippen molar-refractivity contribution in [2.24, 2.45) is 0 Å². The van der Waals surface area contributed by atoms with Crippen LogP contribution in [0.1, 0.15) is 31.9 Å². The molecular formula is C14H18FNO. The van der Waals surface area contributed by atoms with E-state index in [9.17, 15) is 9.50 Å². The molecule has 0 fully saturated rings. The number of hydrogen-bond donors (Lipinski definition) is 1. The van der Waals surface area contributed by atoms with Gasteiger partial charge in [0.1, 0.15) is 5.82 Å². The van der Waals surface area contributed by atoms with Crippen molar-refractivity contribution in [1.82, 2.24) is 0 Å². The zero-order valence-corrected chi connectivity index (χ0v) is 10.3. The average Bonchev–Trinajstić information content (AvgIpc) is 2.28. The van der Waals surface area contributed by atoms with E-state index in [1.807, 2.05) is 4.90 Å². The van der Waals surface area contributed by atoms with Crippen LogP contribution in [0.5, 0.6) is 0 Å². The summed E-state index contributed by atoms with van der Waals surface area (Å²) >= 11 is 0. The van der Waals surface area contributed by atoms with E-state index in [4.69, 9.17) is 0 Å². The molecule has 1 aliphatic heterocycles. The summed E-state index contributed by atoms with van der Waals surface area (Å²) in [7, 11) is 0. The normalized spacial score (nSPS) is 17.9. The molecule has 2 rings (SSSR count). The Kier molecular flexibility index (Phi) is 3.48. The fourth-order valence-corrected chi connectivity index (χ4v) is 2.31. The molecule has 0 aromatic heterocycles. The summed E-state index contributed by atoms with van der Waals surface area (Å²) in [6.07, 6.45) is 2.46. The van der Waals surface area contributed by atoms with Gasteiger partial charge in [0.25, 0.3) is 0 Å². The lowest BCUT2D eigenvalue weighted by Crippen LogP contribution is -2.31. The number of para-hydroxylation sites is 1. The molecule has 1 heterocycles. The highest BCUT2D eigenvalue weighted by Gasteiger charge is 2.20. The fourth-order valence-electron chi connectivity index (χ4n) is 2.31. The van der Waals surface area contributed by atoms with E-state index in [1.165, 1.54) is 11.6 Å². The van der Waals surface area contributed by atoms with Crippen LogP contribution in [-0.2, 0) is 0 Å². The van der Waals surface area contributed by atoms with Crippen LogP contribution in [0.25, 0.3) is 0 Å². The minimum absolute atomic E-state index is 0.252. The molecule has 17 heavy (non-hydrogen) atoms. The van der Waals surface area contributed by atoms with Crippen LogP contribution in [0, 0.1) is 5.82 Å². The van der Waals surface area contributed by atoms with Gasteiger partial charge in [-0.2, -0.15) is 0 Å². The maximum Gasteiger partial charge on any atom is 0.146 e. The Balaban J connectivity index is 2.40. The molecule has 0 amide bonds. The van der Waals surface area contributed by atoms with Gasteiger partial charge >= 0.3 is 0 Å². The molecule has 92 valence electrons. The van der Waals surface area contributed by atoms with Gasteiger partial charge in [-0.15, -0.1) is 0 Å². The van der Waals surface area contributed by atoms with E-state index in [2.05, 4.69) is 13.0 Å². The van der Waals surface area contributed by atoms with Crippen molar-refractivity contribution < 1.29 is 9.50 Å². The van der Waals surface area contributed by atoms with E-state index < -0.39 is 6.10 Å². The Hall–Kier alpha value is -1.35. The summed E-state index contributed by atoms with van der Waals surface area (Å²) in [6.45, 7) is 5.26. The van der Waals surface area contributed by atoms with Gasteiger partial charge < -0.3 is 10.0 Å². The van der Waals surface area contributed by atoms with Crippen molar-refractivity contribution in [2.75, 3.05) is 18.0 Å². The van der Waals surface area contributed by atoms with Crippen molar-refractivity contribution in [1.29, 1.82) is 0 Å². The monoisotopic (exact) mass is 235 g/mol. The second-order valence-corrected chi connectivity index (χ2v) is 4.61. The quantitative estimate of drug-likeness (QED) is 0.796. The number of halogens is 1. The minimum atomic E-state index is -0.646. The van der Waals surface area contributed by atoms with Gasteiger partial charge in [-0.05, 0) is 26.3 Å². The first-order valence-electron chi connectivity index (χ1n) is 5.96. The summed E-state index contributed by atoms with van der Waals surface area (Å²) < 4.78 is 13.9. The zero-order chi connectivity index (χ0) is 12.4. The number of hydrogen-bond acceptors (Lipinski definition) is 2. The van der Waals surface area contributed by atoms with E-state index in [0.717, 1.165) is 19.5 Å². The van der Waals surface area contributed by atoms with E-state index in [-0.39, 0.29) is 5.82 Å². The van der Waals surface area contributed by atoms with Gasteiger partial charge in [-0.3, -0.25) is 0 Å². The molecule has 0 saturated heterocycles. The average molecular weight is 235 g/mol. The molecule has 2 nitrogen and oxygen atoms in total. The molecule has 0 aliphatic carbocycles. The van der Waals surface area contributed by atoms with Crippen molar-refractivity contribution in [2.45, 2.75) is 26.4 Å². The molecule has 1 aliphatic rings. The third-order valence-electron chi connectivity index (χ3n) is 3.12. The molecule has 0 bridgehead atoms. The molecule has 1 N–H and O–H groups in total. The topological polar surface area (TPSA) is 23.5 Å². The van der Waals surface area contributed by atoms with Crippen LogP contribution in [0.4, 0.5) is 10.1 Å². The minimum Gasteiger partial charge on any atom is -0.389 e. The lowest BCUT2D eigenvalue weighted by molar-refractivity contribution is 0.199. The molecule has 0 saturated carbocycles. The van der Waals surface area contributed by atoms with Gasteiger partial charge in [0.2, 0.25) is 0 Å². The fraction of sp³-hybridized carbons (Fsp3) is 0.429. The SMILES string of the molecule is CC1=CCCN(c2c(F)cccc2[C@H](C)O)C1. The molecule has 1 aromatic rings. The Morgan fingerprint density at radius 3 is 2.82 bits per heavy atom. The number of benzene rings is 1. The van der Waals surface area contributed by atoms with Gasteiger partial charge in [0.05, 0.1) is 11.8 Å². The predicted octanol–water partition coefficient (Wildman–Crippen LogP) is 3.04. The molecular weight excluding hydrogens is 217 g/mol. The Bertz CT molecular complexity index is 440. The summed E-state index contributed by atoms with van der Waals surface area (Å²) in [5, 5.41) is 9.72. The summed E-state index contributed by atoms with van der Waals surface area (Å²) in [6, 6.07) is 4.89. The van der Waals surface area contributed by atoms with Crippen molar-refractivity contribution in [3.63, 3.8) is 0 Å². The highest BCUT2D eigenvalue weighted by Crippen LogP contribution is 2.31. The van der Waals surface area contributed by atoms with Crippen LogP contribution in [-0.4, -0.2) is 18.2 Å². The van der Waals surface area contributed by atoms with Crippen LogP contribution in [0.3, 0.4) is 0 Å². The first-order valence-corrected chi connectivity index (χ1v) is 5.96. The van der Waals surface area contributed by atoms with E-state index in [1.54, 1.807) is 19.1 Å². The second-order valence-electron chi connectivity index (χ2n) is 4.61. The maximum atomic E-state index is 13.9. The maximum absolute atomic E-state index is 13.9. The zero-order valence-electron chi connectivity index (χ0n) is 10.3. The molecule has 3 heteroatoms. The van der Waals surface area contributed by atoms with Crippen LogP contribution >= 0.6 is 0 Å². The lowest BCUT2D eigenvalue weighted by Gasteiger charge is -2.31. The Morgan fingerprint density at radius 2 is 2.18 bits per heavy atom. The van der Waals surface area contributed by atoms with Crippen LogP contribution in [0.15, 0.2) is 29.8 Å². The van der Waals surface area contributed by atoms with E-state index in [0.29, 0.717) is 11.3 Å². The van der Waals surface area contributed by atoms with Crippen LogP contribution < -0.4 is 4.90 Å². The molecule has 0 spiro atoms. The van der Waals surface area contributed by atoms with Crippen molar-refractivity contribution >= 4 is 5.69 Å². The molecule has 1 atom stereocenters. The molecule has 0 unspecified atom stereocenters. The standard InChI is InChI=1S/C14H18FNO/c1-10-5-4-8-16(9-10)14-12(11(2)17)6-3-7-13(14)15/h3,5-7,11,17H,4,8-9H2,1-2H3/t11-/m0/s1. The smallest absolute Gasteiger partial charge is 0.146 e. The largest absolute Gasteiger partial charge is 0.389 e. The van der Waals surface area contributed by atoms with Gasteiger partial charge in [0.15, 0.2) is 0 Å². The number of anilines is 1. The number of aliphatic hydroxyl groups excluding tert-OH is 1. The number of nitrogens with zero attached hydrogens (tertiary/aromatic N) is 1. The van der Waals surface area contributed by atoms with Crippen molar-refractivity contribution in [3.8, 4) is 0 Å².